The molecule has 0 bridgehead atoms. The van der Waals surface area contributed by atoms with Crippen molar-refractivity contribution in [2.24, 2.45) is 0 Å². The molecule has 2 N–H and O–H groups in total. The molecule has 0 fully saturated rings. The number of halogens is 1. The average Bonchev–Trinajstić information content (AvgIpc) is 2.90. The van der Waals surface area contributed by atoms with E-state index in [0.29, 0.717) is 35.0 Å². The van der Waals surface area contributed by atoms with E-state index in [0.717, 1.165) is 22.2 Å². The second-order valence-corrected chi connectivity index (χ2v) is 7.68. The summed E-state index contributed by atoms with van der Waals surface area (Å²) in [5, 5.41) is 1.28. The van der Waals surface area contributed by atoms with Gasteiger partial charge < -0.3 is 14.9 Å². The molecule has 0 unspecified atom stereocenters. The first-order valence-corrected chi connectivity index (χ1v) is 8.79. The third-order valence-electron chi connectivity index (χ3n) is 4.82. The Kier molecular flexibility index (Phi) is 3.82. The van der Waals surface area contributed by atoms with Crippen molar-refractivity contribution in [3.63, 3.8) is 0 Å². The van der Waals surface area contributed by atoms with Crippen LogP contribution in [0.15, 0.2) is 28.7 Å². The number of nitrogens with two attached hydrogens (primary N) is 1. The molecule has 3 aromatic rings. The first kappa shape index (κ1) is 17.1. The molecule has 0 radical (unpaired) electrons. The molecule has 1 aliphatic rings. The Morgan fingerprint density at radius 2 is 1.92 bits per heavy atom. The highest BCUT2D eigenvalue weighted by Crippen LogP contribution is 2.39. The van der Waals surface area contributed by atoms with Crippen LogP contribution >= 0.6 is 11.6 Å². The largest absolute Gasteiger partial charge is 0.432 e. The normalized spacial score (nSPS) is 15.8. The van der Waals surface area contributed by atoms with E-state index in [4.69, 9.17) is 26.5 Å². The molecule has 6 heteroatoms. The van der Waals surface area contributed by atoms with Crippen LogP contribution in [-0.4, -0.2) is 16.4 Å². The van der Waals surface area contributed by atoms with E-state index < -0.39 is 0 Å². The maximum atomic E-state index is 12.9. The number of pyridine rings is 1. The molecular formula is C20H19ClN2O3. The van der Waals surface area contributed by atoms with Crippen molar-refractivity contribution in [3.05, 3.63) is 57.4 Å². The third-order valence-corrected chi connectivity index (χ3v) is 5.07. The smallest absolute Gasteiger partial charge is 0.230 e. The van der Waals surface area contributed by atoms with Crippen LogP contribution in [0.2, 0.25) is 5.02 Å². The minimum atomic E-state index is -0.308. The van der Waals surface area contributed by atoms with E-state index in [1.54, 1.807) is 24.3 Å². The Labute approximate surface area is 156 Å². The molecule has 0 saturated carbocycles. The highest BCUT2D eigenvalue weighted by Gasteiger charge is 2.32. The zero-order chi connectivity index (χ0) is 18.6. The van der Waals surface area contributed by atoms with Gasteiger partial charge in [-0.05, 0) is 50.6 Å². The lowest BCUT2D eigenvalue weighted by atomic mass is 9.89. The molecule has 2 aromatic heterocycles. The maximum absolute atomic E-state index is 12.9. The number of hydrogen-bond donors (Lipinski definition) is 1. The summed E-state index contributed by atoms with van der Waals surface area (Å²) in [6.07, 6.45) is 0.681. The number of furan rings is 1. The van der Waals surface area contributed by atoms with Gasteiger partial charge in [-0.15, -0.1) is 0 Å². The topological polar surface area (TPSA) is 78.4 Å². The highest BCUT2D eigenvalue weighted by atomic mass is 35.5. The fourth-order valence-electron chi connectivity index (χ4n) is 3.42. The summed E-state index contributed by atoms with van der Waals surface area (Å²) in [4.78, 5) is 17.4. The molecule has 4 rings (SSSR count). The van der Waals surface area contributed by atoms with Gasteiger partial charge in [-0.2, -0.15) is 0 Å². The van der Waals surface area contributed by atoms with Crippen LogP contribution in [0.3, 0.4) is 0 Å². The van der Waals surface area contributed by atoms with Crippen molar-refractivity contribution in [2.75, 3.05) is 5.73 Å². The summed E-state index contributed by atoms with van der Waals surface area (Å²) in [7, 11) is 0. The van der Waals surface area contributed by atoms with Gasteiger partial charge in [0.25, 0.3) is 0 Å². The number of hydrogen-bond acceptors (Lipinski definition) is 5. The van der Waals surface area contributed by atoms with Gasteiger partial charge in [-0.25, -0.2) is 4.98 Å². The van der Waals surface area contributed by atoms with Crippen LogP contribution in [0, 0.1) is 6.92 Å². The van der Waals surface area contributed by atoms with Crippen LogP contribution in [0.4, 0.5) is 5.69 Å². The van der Waals surface area contributed by atoms with Crippen molar-refractivity contribution in [1.82, 2.24) is 4.98 Å². The van der Waals surface area contributed by atoms with Crippen molar-refractivity contribution in [2.45, 2.75) is 39.4 Å². The SMILES string of the molecule is Cc1nc2oc(C(=O)c3ccc(Cl)cc3)c(N)c2c2c1COC(C)(C)C2. The molecule has 0 amide bonds. The van der Waals surface area contributed by atoms with Crippen LogP contribution < -0.4 is 5.73 Å². The molecule has 1 aromatic carbocycles. The summed E-state index contributed by atoms with van der Waals surface area (Å²) >= 11 is 5.90. The number of nitrogen functional groups attached to an aromatic ring is 1. The number of anilines is 1. The molecule has 134 valence electrons. The summed E-state index contributed by atoms with van der Waals surface area (Å²) < 4.78 is 11.7. The number of ketones is 1. The molecule has 3 heterocycles. The monoisotopic (exact) mass is 370 g/mol. The average molecular weight is 371 g/mol. The van der Waals surface area contributed by atoms with Crippen molar-refractivity contribution >= 4 is 34.2 Å². The van der Waals surface area contributed by atoms with E-state index in [9.17, 15) is 4.79 Å². The van der Waals surface area contributed by atoms with Crippen LogP contribution in [0.25, 0.3) is 11.1 Å². The predicted octanol–water partition coefficient (Wildman–Crippen LogP) is 4.45. The number of ether oxygens (including phenoxy) is 1. The Morgan fingerprint density at radius 1 is 1.23 bits per heavy atom. The van der Waals surface area contributed by atoms with Crippen molar-refractivity contribution in [3.8, 4) is 0 Å². The van der Waals surface area contributed by atoms with Crippen molar-refractivity contribution < 1.29 is 13.9 Å². The molecule has 1 aliphatic heterocycles. The standard InChI is InChI=1S/C20H19ClN2O3/c1-10-14-9-25-20(2,3)8-13(14)15-16(22)18(26-19(15)23-10)17(24)11-4-6-12(21)7-5-11/h4-7H,8-9,22H2,1-3H3. The van der Waals surface area contributed by atoms with E-state index in [2.05, 4.69) is 4.98 Å². The minimum absolute atomic E-state index is 0.118. The highest BCUT2D eigenvalue weighted by molar-refractivity contribution is 6.30. The second-order valence-electron chi connectivity index (χ2n) is 7.24. The third kappa shape index (κ3) is 2.68. The van der Waals surface area contributed by atoms with E-state index in [1.807, 2.05) is 20.8 Å². The fourth-order valence-corrected chi connectivity index (χ4v) is 3.55. The number of carbonyl (C=O) groups is 1. The summed E-state index contributed by atoms with van der Waals surface area (Å²) in [5.41, 5.74) is 10.2. The molecular weight excluding hydrogens is 352 g/mol. The van der Waals surface area contributed by atoms with Gasteiger partial charge in [-0.3, -0.25) is 4.79 Å². The van der Waals surface area contributed by atoms with Crippen LogP contribution in [0.5, 0.6) is 0 Å². The zero-order valence-electron chi connectivity index (χ0n) is 14.9. The van der Waals surface area contributed by atoms with Crippen molar-refractivity contribution in [1.29, 1.82) is 0 Å². The first-order chi connectivity index (χ1) is 12.3. The number of aromatic nitrogens is 1. The molecule has 26 heavy (non-hydrogen) atoms. The van der Waals surface area contributed by atoms with Gasteiger partial charge in [0.15, 0.2) is 0 Å². The fraction of sp³-hybridized carbons (Fsp3) is 0.300. The summed E-state index contributed by atoms with van der Waals surface area (Å²) in [6.45, 7) is 6.46. The molecule has 0 atom stereocenters. The molecule has 5 nitrogen and oxygen atoms in total. The number of nitrogens with zero attached hydrogens (tertiary/aromatic N) is 1. The number of rotatable bonds is 2. The van der Waals surface area contributed by atoms with E-state index in [1.165, 1.54) is 0 Å². The zero-order valence-corrected chi connectivity index (χ0v) is 15.6. The summed E-state index contributed by atoms with van der Waals surface area (Å²) in [6, 6.07) is 6.64. The van der Waals surface area contributed by atoms with E-state index in [-0.39, 0.29) is 17.1 Å². The number of carbonyl (C=O) groups excluding carboxylic acids is 1. The number of benzene rings is 1. The van der Waals surface area contributed by atoms with Gasteiger partial charge >= 0.3 is 0 Å². The number of fused-ring (bicyclic) bond motifs is 3. The van der Waals surface area contributed by atoms with Gasteiger partial charge in [0.1, 0.15) is 0 Å². The minimum Gasteiger partial charge on any atom is -0.432 e. The molecule has 0 aliphatic carbocycles. The second kappa shape index (κ2) is 5.83. The van der Waals surface area contributed by atoms with Gasteiger partial charge in [0, 0.05) is 28.3 Å². The first-order valence-electron chi connectivity index (χ1n) is 8.41. The Morgan fingerprint density at radius 3 is 2.62 bits per heavy atom. The Bertz CT molecular complexity index is 1040. The number of aryl methyl sites for hydroxylation is 1. The Balaban J connectivity index is 1.90. The lowest BCUT2D eigenvalue weighted by Crippen LogP contribution is -2.32. The van der Waals surface area contributed by atoms with Crippen LogP contribution in [-0.2, 0) is 17.8 Å². The quantitative estimate of drug-likeness (QED) is 0.674. The van der Waals surface area contributed by atoms with Gasteiger partial charge in [0.2, 0.25) is 17.3 Å². The Hall–Kier alpha value is -2.37. The molecule has 0 spiro atoms. The lowest BCUT2D eigenvalue weighted by molar-refractivity contribution is -0.0400. The summed E-state index contributed by atoms with van der Waals surface area (Å²) in [5.74, 6) is -0.165. The van der Waals surface area contributed by atoms with Gasteiger partial charge in [0.05, 0.1) is 23.3 Å². The lowest BCUT2D eigenvalue weighted by Gasteiger charge is -2.32. The molecule has 0 saturated heterocycles. The van der Waals surface area contributed by atoms with Gasteiger partial charge in [-0.1, -0.05) is 11.6 Å². The van der Waals surface area contributed by atoms with Crippen LogP contribution in [0.1, 0.15) is 46.8 Å². The predicted molar refractivity (Wildman–Crippen MR) is 101 cm³/mol. The maximum Gasteiger partial charge on any atom is 0.230 e. The van der Waals surface area contributed by atoms with E-state index >= 15 is 0 Å².